The summed E-state index contributed by atoms with van der Waals surface area (Å²) in [4.78, 5) is 20.9. The predicted octanol–water partition coefficient (Wildman–Crippen LogP) is -0.458. The van der Waals surface area contributed by atoms with Crippen molar-refractivity contribution in [2.75, 3.05) is 37.6 Å². The fourth-order valence-electron chi connectivity index (χ4n) is 3.70. The Morgan fingerprint density at radius 2 is 2.12 bits per heavy atom. The number of nitrogens with one attached hydrogen (secondary N) is 2. The van der Waals surface area contributed by atoms with Gasteiger partial charge in [-0.25, -0.2) is 4.98 Å². The first-order valence-corrected chi connectivity index (χ1v) is 8.56. The number of nitrogens with zero attached hydrogens (tertiary/aromatic N) is 4. The second-order valence-electron chi connectivity index (χ2n) is 6.56. The van der Waals surface area contributed by atoms with Crippen LogP contribution in [0.15, 0.2) is 12.4 Å². The number of carbonyl (C=O) groups excluding carboxylic acids is 1. The van der Waals surface area contributed by atoms with Crippen LogP contribution in [0.1, 0.15) is 19.3 Å². The van der Waals surface area contributed by atoms with E-state index in [1.807, 2.05) is 4.90 Å². The van der Waals surface area contributed by atoms with Gasteiger partial charge in [0.15, 0.2) is 5.65 Å². The van der Waals surface area contributed by atoms with E-state index in [0.717, 1.165) is 55.9 Å². The number of piperazine rings is 1. The van der Waals surface area contributed by atoms with Gasteiger partial charge in [-0.05, 0) is 19.4 Å². The SMILES string of the molecule is [B]c1cnc2[nH]ncc2c1N1CCN(C(=O)CC2CCCN2)CC1. The number of aromatic amines is 1. The molecule has 7 nitrogen and oxygen atoms in total. The summed E-state index contributed by atoms with van der Waals surface area (Å²) in [5, 5.41) is 11.3. The molecule has 2 radical (unpaired) electrons. The van der Waals surface area contributed by atoms with Crippen LogP contribution in [0.2, 0.25) is 0 Å². The number of pyridine rings is 1. The second-order valence-corrected chi connectivity index (χ2v) is 6.56. The van der Waals surface area contributed by atoms with Gasteiger partial charge < -0.3 is 15.1 Å². The number of carbonyl (C=O) groups is 1. The Morgan fingerprint density at radius 1 is 1.29 bits per heavy atom. The van der Waals surface area contributed by atoms with Gasteiger partial charge in [0.05, 0.1) is 11.6 Å². The second kappa shape index (κ2) is 6.43. The lowest BCUT2D eigenvalue weighted by Gasteiger charge is -2.37. The molecule has 2 aliphatic heterocycles. The van der Waals surface area contributed by atoms with Gasteiger partial charge in [0.2, 0.25) is 5.91 Å². The Labute approximate surface area is 142 Å². The summed E-state index contributed by atoms with van der Waals surface area (Å²) >= 11 is 0. The molecule has 2 aliphatic rings. The van der Waals surface area contributed by atoms with Crippen molar-refractivity contribution in [3.8, 4) is 0 Å². The van der Waals surface area contributed by atoms with E-state index in [4.69, 9.17) is 7.85 Å². The molecule has 1 unspecified atom stereocenters. The van der Waals surface area contributed by atoms with Crippen molar-refractivity contribution in [1.29, 1.82) is 0 Å². The minimum Gasteiger partial charge on any atom is -0.368 e. The van der Waals surface area contributed by atoms with Crippen LogP contribution in [0.4, 0.5) is 5.69 Å². The summed E-state index contributed by atoms with van der Waals surface area (Å²) < 4.78 is 0. The van der Waals surface area contributed by atoms with Gasteiger partial charge in [-0.2, -0.15) is 5.10 Å². The van der Waals surface area contributed by atoms with Crippen LogP contribution in [-0.4, -0.2) is 72.6 Å². The van der Waals surface area contributed by atoms with Crippen LogP contribution >= 0.6 is 0 Å². The Kier molecular flexibility index (Phi) is 4.14. The minimum atomic E-state index is 0.255. The Hall–Kier alpha value is -2.09. The molecule has 0 aliphatic carbocycles. The zero-order chi connectivity index (χ0) is 16.5. The summed E-state index contributed by atoms with van der Waals surface area (Å²) in [6.07, 6.45) is 6.32. The average Bonchev–Trinajstić information content (AvgIpc) is 3.26. The Balaban J connectivity index is 1.43. The zero-order valence-electron chi connectivity index (χ0n) is 13.7. The highest BCUT2D eigenvalue weighted by molar-refractivity contribution is 6.37. The summed E-state index contributed by atoms with van der Waals surface area (Å²) in [5.74, 6) is 0.255. The summed E-state index contributed by atoms with van der Waals surface area (Å²) in [6, 6.07) is 0.358. The third-order valence-corrected chi connectivity index (χ3v) is 5.01. The first kappa shape index (κ1) is 15.4. The maximum absolute atomic E-state index is 12.5. The van der Waals surface area contributed by atoms with Crippen molar-refractivity contribution >= 4 is 35.9 Å². The first-order chi connectivity index (χ1) is 11.7. The summed E-state index contributed by atoms with van der Waals surface area (Å²) in [5.41, 5.74) is 2.36. The molecule has 0 bridgehead atoms. The third-order valence-electron chi connectivity index (χ3n) is 5.01. The van der Waals surface area contributed by atoms with Crippen LogP contribution < -0.4 is 15.7 Å². The van der Waals surface area contributed by atoms with E-state index in [2.05, 4.69) is 25.4 Å². The molecule has 2 saturated heterocycles. The minimum absolute atomic E-state index is 0.255. The number of H-pyrrole nitrogens is 1. The van der Waals surface area contributed by atoms with E-state index in [0.29, 0.717) is 17.9 Å². The molecule has 2 fully saturated rings. The molecule has 0 spiro atoms. The lowest BCUT2D eigenvalue weighted by atomic mass is 9.94. The maximum atomic E-state index is 12.5. The van der Waals surface area contributed by atoms with Gasteiger partial charge in [0, 0.05) is 50.5 Å². The average molecular weight is 324 g/mol. The Bertz CT molecular complexity index is 733. The van der Waals surface area contributed by atoms with Gasteiger partial charge >= 0.3 is 0 Å². The zero-order valence-corrected chi connectivity index (χ0v) is 13.7. The molecule has 0 aromatic carbocycles. The monoisotopic (exact) mass is 324 g/mol. The van der Waals surface area contributed by atoms with Gasteiger partial charge in [0.1, 0.15) is 7.85 Å². The molecule has 0 saturated carbocycles. The normalized spacial score (nSPS) is 21.6. The lowest BCUT2D eigenvalue weighted by molar-refractivity contribution is -0.131. The molecule has 2 aromatic rings. The molecule has 4 rings (SSSR count). The fourth-order valence-corrected chi connectivity index (χ4v) is 3.70. The largest absolute Gasteiger partial charge is 0.368 e. The van der Waals surface area contributed by atoms with Crippen LogP contribution in [0, 0.1) is 0 Å². The van der Waals surface area contributed by atoms with Gasteiger partial charge in [0.25, 0.3) is 0 Å². The molecule has 124 valence electrons. The lowest BCUT2D eigenvalue weighted by Crippen LogP contribution is -2.50. The molecule has 8 heteroatoms. The van der Waals surface area contributed by atoms with E-state index in [1.54, 1.807) is 12.4 Å². The molecule has 2 aromatic heterocycles. The predicted molar refractivity (Wildman–Crippen MR) is 93.7 cm³/mol. The van der Waals surface area contributed by atoms with E-state index in [1.165, 1.54) is 6.42 Å². The number of aromatic nitrogens is 3. The third kappa shape index (κ3) is 2.86. The standard InChI is InChI=1S/C16H21BN6O/c17-13-10-19-16-12(9-20-21-16)15(13)23-6-4-22(5-7-23)14(24)8-11-2-1-3-18-11/h9-11,18H,1-8H2,(H,19,20,21). The van der Waals surface area contributed by atoms with E-state index >= 15 is 0 Å². The molecule has 2 N–H and O–H groups in total. The van der Waals surface area contributed by atoms with Crippen molar-refractivity contribution < 1.29 is 4.79 Å². The number of amides is 1. The van der Waals surface area contributed by atoms with Crippen molar-refractivity contribution in [3.05, 3.63) is 12.4 Å². The number of fused-ring (bicyclic) bond motifs is 1. The maximum Gasteiger partial charge on any atom is 0.224 e. The molecular weight excluding hydrogens is 303 g/mol. The van der Waals surface area contributed by atoms with E-state index in [9.17, 15) is 4.79 Å². The topological polar surface area (TPSA) is 77.2 Å². The van der Waals surface area contributed by atoms with Crippen molar-refractivity contribution in [2.24, 2.45) is 0 Å². The van der Waals surface area contributed by atoms with E-state index < -0.39 is 0 Å². The first-order valence-electron chi connectivity index (χ1n) is 8.56. The summed E-state index contributed by atoms with van der Waals surface area (Å²) in [6.45, 7) is 4.05. The van der Waals surface area contributed by atoms with Gasteiger partial charge in [-0.1, -0.05) is 5.46 Å². The highest BCUT2D eigenvalue weighted by Crippen LogP contribution is 2.23. The smallest absolute Gasteiger partial charge is 0.224 e. The number of rotatable bonds is 3. The highest BCUT2D eigenvalue weighted by Gasteiger charge is 2.26. The van der Waals surface area contributed by atoms with Crippen LogP contribution in [0.5, 0.6) is 0 Å². The molecule has 4 heterocycles. The van der Waals surface area contributed by atoms with Crippen molar-refractivity contribution in [2.45, 2.75) is 25.3 Å². The van der Waals surface area contributed by atoms with E-state index in [-0.39, 0.29) is 5.91 Å². The quantitative estimate of drug-likeness (QED) is 0.748. The Morgan fingerprint density at radius 3 is 2.88 bits per heavy atom. The molecule has 24 heavy (non-hydrogen) atoms. The molecular formula is C16H21BN6O. The highest BCUT2D eigenvalue weighted by atomic mass is 16.2. The van der Waals surface area contributed by atoms with Crippen molar-refractivity contribution in [3.63, 3.8) is 0 Å². The van der Waals surface area contributed by atoms with Crippen molar-refractivity contribution in [1.82, 2.24) is 25.4 Å². The number of anilines is 1. The molecule has 1 atom stereocenters. The van der Waals surface area contributed by atoms with Crippen LogP contribution in [0.25, 0.3) is 11.0 Å². The van der Waals surface area contributed by atoms with Gasteiger partial charge in [-0.3, -0.25) is 9.89 Å². The molecule has 1 amide bonds. The number of hydrogen-bond acceptors (Lipinski definition) is 5. The van der Waals surface area contributed by atoms with Crippen LogP contribution in [0.3, 0.4) is 0 Å². The fraction of sp³-hybridized carbons (Fsp3) is 0.562. The van der Waals surface area contributed by atoms with Crippen LogP contribution in [-0.2, 0) is 4.79 Å². The number of hydrogen-bond donors (Lipinski definition) is 2. The van der Waals surface area contributed by atoms with Gasteiger partial charge in [-0.15, -0.1) is 0 Å². The summed E-state index contributed by atoms with van der Waals surface area (Å²) in [7, 11) is 6.15.